The van der Waals surface area contributed by atoms with Gasteiger partial charge < -0.3 is 0 Å². The summed E-state index contributed by atoms with van der Waals surface area (Å²) in [5.74, 6) is -0.152. The topological polar surface area (TPSA) is 0 Å². The van der Waals surface area contributed by atoms with E-state index in [1.807, 2.05) is 37.3 Å². The normalized spacial score (nSPS) is 11.7. The molecule has 0 aliphatic rings. The van der Waals surface area contributed by atoms with Crippen molar-refractivity contribution in [3.63, 3.8) is 0 Å². The molecule has 3 aromatic carbocycles. The quantitative estimate of drug-likeness (QED) is 0.278. The van der Waals surface area contributed by atoms with Crippen molar-refractivity contribution >= 4 is 23.2 Å². The van der Waals surface area contributed by atoms with Crippen molar-refractivity contribution in [3.05, 3.63) is 104 Å². The third kappa shape index (κ3) is 10.8. The van der Waals surface area contributed by atoms with Gasteiger partial charge in [-0.15, -0.1) is 0 Å². The molecule has 0 amide bonds. The Balaban J connectivity index is 0.000000263. The number of benzene rings is 3. The second-order valence-electron chi connectivity index (χ2n) is 12.2. The summed E-state index contributed by atoms with van der Waals surface area (Å²) >= 11 is 11.6. The Hall–Kier alpha value is -1.83. The third-order valence-electron chi connectivity index (χ3n) is 5.70. The molecule has 0 spiro atoms. The van der Waals surface area contributed by atoms with Crippen LogP contribution in [0.3, 0.4) is 0 Å². The maximum absolute atomic E-state index is 12.7. The Morgan fingerprint density at radius 3 is 1.29 bits per heavy atom. The maximum atomic E-state index is 12.7. The molecule has 0 aliphatic heterocycles. The van der Waals surface area contributed by atoms with E-state index in [-0.39, 0.29) is 22.1 Å². The van der Waals surface area contributed by atoms with Crippen LogP contribution in [0.1, 0.15) is 90.1 Å². The molecule has 0 fully saturated rings. The number of hydrogen-bond donors (Lipinski definition) is 0. The Labute approximate surface area is 223 Å². The molecule has 0 saturated carbocycles. The molecule has 3 rings (SSSR count). The van der Waals surface area contributed by atoms with Gasteiger partial charge in [-0.3, -0.25) is 0 Å². The fourth-order valence-electron chi connectivity index (χ4n) is 3.89. The van der Waals surface area contributed by atoms with Gasteiger partial charge in [0, 0.05) is 10.0 Å². The highest BCUT2D eigenvalue weighted by Crippen LogP contribution is 2.27. The zero-order chi connectivity index (χ0) is 27.2. The first-order chi connectivity index (χ1) is 15.8. The second kappa shape index (κ2) is 12.4. The van der Waals surface area contributed by atoms with E-state index in [1.165, 1.54) is 28.3 Å². The average molecular weight is 518 g/mol. The Morgan fingerprint density at radius 2 is 0.914 bits per heavy atom. The molecule has 192 valence electrons. The Morgan fingerprint density at radius 1 is 0.514 bits per heavy atom. The minimum Gasteiger partial charge on any atom is -0.207 e. The standard InChI is InChI=1S/C11H15Cl.C11H15F.C10H13Cl/c2*1-8-7-9(12)5-6-10(8)11(2,3)4;1-10(2,3)8-4-6-9(11)7-5-8/h2*5-7H,1-4H3;4-7H,1-3H3. The smallest absolute Gasteiger partial charge is 0.123 e. The van der Waals surface area contributed by atoms with Crippen LogP contribution in [0.25, 0.3) is 0 Å². The molecule has 0 aromatic heterocycles. The first-order valence-corrected chi connectivity index (χ1v) is 12.9. The molecule has 0 aliphatic carbocycles. The van der Waals surface area contributed by atoms with Crippen LogP contribution >= 0.6 is 23.2 Å². The minimum absolute atomic E-state index is 0.109. The van der Waals surface area contributed by atoms with E-state index in [0.717, 1.165) is 15.6 Å². The summed E-state index contributed by atoms with van der Waals surface area (Å²) in [6.45, 7) is 23.7. The highest BCUT2D eigenvalue weighted by Gasteiger charge is 2.16. The van der Waals surface area contributed by atoms with Crippen LogP contribution in [-0.2, 0) is 16.2 Å². The van der Waals surface area contributed by atoms with Gasteiger partial charge in [-0.05, 0) is 94.3 Å². The molecule has 0 bridgehead atoms. The third-order valence-corrected chi connectivity index (χ3v) is 6.19. The van der Waals surface area contributed by atoms with Gasteiger partial charge in [-0.2, -0.15) is 0 Å². The van der Waals surface area contributed by atoms with E-state index in [0.29, 0.717) is 0 Å². The predicted octanol–water partition coefficient (Wildman–Crippen LogP) is 11.0. The van der Waals surface area contributed by atoms with Crippen molar-refractivity contribution in [1.29, 1.82) is 0 Å². The molecule has 0 unspecified atom stereocenters. The van der Waals surface area contributed by atoms with Crippen molar-refractivity contribution in [1.82, 2.24) is 0 Å². The van der Waals surface area contributed by atoms with Gasteiger partial charge in [0.2, 0.25) is 0 Å². The molecule has 3 heteroatoms. The monoisotopic (exact) mass is 516 g/mol. The summed E-state index contributed by atoms with van der Waals surface area (Å²) in [5.41, 5.74) is 6.76. The SMILES string of the molecule is CC(C)(C)c1ccc(Cl)cc1.Cc1cc(Cl)ccc1C(C)(C)C.Cc1cc(F)ccc1C(C)(C)C. The highest BCUT2D eigenvalue weighted by atomic mass is 35.5. The summed E-state index contributed by atoms with van der Waals surface area (Å²) in [4.78, 5) is 0. The van der Waals surface area contributed by atoms with E-state index in [2.05, 4.69) is 87.4 Å². The molecular weight excluding hydrogens is 474 g/mol. The lowest BCUT2D eigenvalue weighted by molar-refractivity contribution is 0.578. The Kier molecular flexibility index (Phi) is 11.1. The van der Waals surface area contributed by atoms with Crippen molar-refractivity contribution in [2.45, 2.75) is 92.4 Å². The van der Waals surface area contributed by atoms with E-state index < -0.39 is 0 Å². The lowest BCUT2D eigenvalue weighted by atomic mass is 9.84. The fourth-order valence-corrected chi connectivity index (χ4v) is 4.24. The average Bonchev–Trinajstić information content (AvgIpc) is 2.66. The minimum atomic E-state index is -0.152. The molecule has 3 aromatic rings. The van der Waals surface area contributed by atoms with Gasteiger partial charge in [0.05, 0.1) is 0 Å². The summed E-state index contributed by atoms with van der Waals surface area (Å²) in [5, 5.41) is 1.62. The van der Waals surface area contributed by atoms with Crippen LogP contribution in [0.15, 0.2) is 60.7 Å². The van der Waals surface area contributed by atoms with Gasteiger partial charge in [0.15, 0.2) is 0 Å². The van der Waals surface area contributed by atoms with E-state index in [1.54, 1.807) is 6.07 Å². The number of halogens is 3. The molecule has 0 radical (unpaired) electrons. The fraction of sp³-hybridized carbons (Fsp3) is 0.438. The highest BCUT2D eigenvalue weighted by molar-refractivity contribution is 6.30. The van der Waals surface area contributed by atoms with Gasteiger partial charge >= 0.3 is 0 Å². The van der Waals surface area contributed by atoms with E-state index in [9.17, 15) is 4.39 Å². The molecule has 0 saturated heterocycles. The van der Waals surface area contributed by atoms with Gasteiger partial charge in [-0.25, -0.2) is 4.39 Å². The maximum Gasteiger partial charge on any atom is 0.123 e. The lowest BCUT2D eigenvalue weighted by Crippen LogP contribution is -2.12. The van der Waals surface area contributed by atoms with E-state index >= 15 is 0 Å². The van der Waals surface area contributed by atoms with Crippen LogP contribution in [0, 0.1) is 19.7 Å². The number of rotatable bonds is 0. The Bertz CT molecular complexity index is 1020. The van der Waals surface area contributed by atoms with Crippen molar-refractivity contribution in [2.24, 2.45) is 0 Å². The first kappa shape index (κ1) is 31.2. The van der Waals surface area contributed by atoms with Crippen LogP contribution in [-0.4, -0.2) is 0 Å². The van der Waals surface area contributed by atoms with Crippen LogP contribution < -0.4 is 0 Å². The summed E-state index contributed by atoms with van der Waals surface area (Å²) < 4.78 is 12.7. The molecule has 35 heavy (non-hydrogen) atoms. The predicted molar refractivity (Wildman–Crippen MR) is 155 cm³/mol. The van der Waals surface area contributed by atoms with E-state index in [4.69, 9.17) is 23.2 Å². The van der Waals surface area contributed by atoms with Crippen LogP contribution in [0.5, 0.6) is 0 Å². The molecule has 0 heterocycles. The first-order valence-electron chi connectivity index (χ1n) is 12.1. The summed E-state index contributed by atoms with van der Waals surface area (Å²) in [7, 11) is 0. The largest absolute Gasteiger partial charge is 0.207 e. The van der Waals surface area contributed by atoms with Crippen molar-refractivity contribution < 1.29 is 4.39 Å². The molecular formula is C32H43Cl2F. The van der Waals surface area contributed by atoms with Gasteiger partial charge in [-0.1, -0.05) is 110 Å². The molecule has 0 N–H and O–H groups in total. The number of aryl methyl sites for hydroxylation is 2. The lowest BCUT2D eigenvalue weighted by Gasteiger charge is -2.21. The van der Waals surface area contributed by atoms with Gasteiger partial charge in [0.1, 0.15) is 5.82 Å². The zero-order valence-corrected chi connectivity index (χ0v) is 24.9. The molecule has 0 nitrogen and oxygen atoms in total. The summed E-state index contributed by atoms with van der Waals surface area (Å²) in [6, 6.07) is 19.1. The molecule has 0 atom stereocenters. The number of hydrogen-bond acceptors (Lipinski definition) is 0. The van der Waals surface area contributed by atoms with Crippen molar-refractivity contribution in [3.8, 4) is 0 Å². The van der Waals surface area contributed by atoms with Gasteiger partial charge in [0.25, 0.3) is 0 Å². The zero-order valence-electron chi connectivity index (χ0n) is 23.4. The van der Waals surface area contributed by atoms with Crippen molar-refractivity contribution in [2.75, 3.05) is 0 Å². The second-order valence-corrected chi connectivity index (χ2v) is 13.0. The van der Waals surface area contributed by atoms with Crippen LogP contribution in [0.4, 0.5) is 4.39 Å². The van der Waals surface area contributed by atoms with Crippen LogP contribution in [0.2, 0.25) is 10.0 Å². The summed E-state index contributed by atoms with van der Waals surface area (Å²) in [6.07, 6.45) is 0.